The average molecular weight is 367 g/mol. The first-order valence-corrected chi connectivity index (χ1v) is 9.48. The van der Waals surface area contributed by atoms with Crippen LogP contribution in [0.3, 0.4) is 0 Å². The van der Waals surface area contributed by atoms with E-state index in [1.54, 1.807) is 7.11 Å². The van der Waals surface area contributed by atoms with Crippen molar-refractivity contribution in [2.75, 3.05) is 12.0 Å². The van der Waals surface area contributed by atoms with Crippen LogP contribution in [0.25, 0.3) is 0 Å². The summed E-state index contributed by atoms with van der Waals surface area (Å²) in [5.74, 6) is 2.53. The predicted octanol–water partition coefficient (Wildman–Crippen LogP) is 4.06. The molecule has 27 heavy (non-hydrogen) atoms. The number of anilines is 1. The maximum atomic E-state index is 13.5. The van der Waals surface area contributed by atoms with Gasteiger partial charge in [0, 0.05) is 11.7 Å². The molecule has 3 atom stereocenters. The number of hydrogen-bond donors (Lipinski definition) is 0. The number of methoxy groups -OCH3 is 1. The SMILES string of the molecule is COc1ccc(N(C(=O)C2Oc3ccccc3OC2C)C(C)C2CC2)cc1. The summed E-state index contributed by atoms with van der Waals surface area (Å²) in [5, 5.41) is 0. The molecule has 0 spiro atoms. The number of fused-ring (bicyclic) bond motifs is 1. The van der Waals surface area contributed by atoms with Crippen molar-refractivity contribution in [2.24, 2.45) is 5.92 Å². The van der Waals surface area contributed by atoms with Gasteiger partial charge in [-0.2, -0.15) is 0 Å². The van der Waals surface area contributed by atoms with Crippen molar-refractivity contribution in [3.63, 3.8) is 0 Å². The first-order chi connectivity index (χ1) is 13.1. The first-order valence-electron chi connectivity index (χ1n) is 9.48. The van der Waals surface area contributed by atoms with Crippen LogP contribution in [0.15, 0.2) is 48.5 Å². The molecule has 142 valence electrons. The maximum absolute atomic E-state index is 13.5. The van der Waals surface area contributed by atoms with Gasteiger partial charge in [-0.25, -0.2) is 0 Å². The summed E-state index contributed by atoms with van der Waals surface area (Å²) in [6.07, 6.45) is 1.27. The number of carbonyl (C=O) groups is 1. The highest BCUT2D eigenvalue weighted by atomic mass is 16.6. The van der Waals surface area contributed by atoms with Gasteiger partial charge in [-0.15, -0.1) is 0 Å². The summed E-state index contributed by atoms with van der Waals surface area (Å²) in [4.78, 5) is 15.4. The summed E-state index contributed by atoms with van der Waals surface area (Å²) in [7, 11) is 1.64. The van der Waals surface area contributed by atoms with Gasteiger partial charge in [0.1, 0.15) is 11.9 Å². The first kappa shape index (κ1) is 17.7. The minimum Gasteiger partial charge on any atom is -0.497 e. The fraction of sp³-hybridized carbons (Fsp3) is 0.409. The highest BCUT2D eigenvalue weighted by molar-refractivity contribution is 5.98. The Morgan fingerprint density at radius 1 is 1.07 bits per heavy atom. The van der Waals surface area contributed by atoms with Crippen molar-refractivity contribution in [3.05, 3.63) is 48.5 Å². The van der Waals surface area contributed by atoms with Crippen LogP contribution < -0.4 is 19.1 Å². The van der Waals surface area contributed by atoms with Crippen LogP contribution in [-0.2, 0) is 4.79 Å². The predicted molar refractivity (Wildman–Crippen MR) is 104 cm³/mol. The second-order valence-electron chi connectivity index (χ2n) is 7.29. The van der Waals surface area contributed by atoms with E-state index in [1.165, 1.54) is 0 Å². The molecular formula is C22H25NO4. The zero-order chi connectivity index (χ0) is 19.0. The van der Waals surface area contributed by atoms with Gasteiger partial charge in [0.15, 0.2) is 11.5 Å². The van der Waals surface area contributed by atoms with E-state index in [0.717, 1.165) is 24.3 Å². The number of rotatable bonds is 5. The van der Waals surface area contributed by atoms with E-state index in [9.17, 15) is 4.79 Å². The molecule has 2 aromatic rings. The van der Waals surface area contributed by atoms with E-state index in [-0.39, 0.29) is 18.1 Å². The zero-order valence-electron chi connectivity index (χ0n) is 15.9. The quantitative estimate of drug-likeness (QED) is 0.800. The molecule has 2 aromatic carbocycles. The van der Waals surface area contributed by atoms with E-state index in [4.69, 9.17) is 14.2 Å². The molecule has 1 aliphatic heterocycles. The van der Waals surface area contributed by atoms with Crippen LogP contribution in [0, 0.1) is 5.92 Å². The normalized spacial score (nSPS) is 22.0. The number of benzene rings is 2. The zero-order valence-corrected chi connectivity index (χ0v) is 15.9. The van der Waals surface area contributed by atoms with Crippen molar-refractivity contribution >= 4 is 11.6 Å². The Morgan fingerprint density at radius 3 is 2.30 bits per heavy atom. The molecule has 1 heterocycles. The molecule has 0 N–H and O–H groups in total. The summed E-state index contributed by atoms with van der Waals surface area (Å²) in [6.45, 7) is 3.99. The van der Waals surface area contributed by atoms with Crippen molar-refractivity contribution in [3.8, 4) is 17.2 Å². The number of amides is 1. The molecule has 0 bridgehead atoms. The molecule has 1 aliphatic carbocycles. The van der Waals surface area contributed by atoms with Crippen molar-refractivity contribution in [1.82, 2.24) is 0 Å². The molecule has 3 unspecified atom stereocenters. The number of para-hydroxylation sites is 2. The number of nitrogens with zero attached hydrogens (tertiary/aromatic N) is 1. The monoisotopic (exact) mass is 367 g/mol. The Labute approximate surface area is 159 Å². The van der Waals surface area contributed by atoms with Crippen molar-refractivity contribution in [1.29, 1.82) is 0 Å². The van der Waals surface area contributed by atoms with Crippen molar-refractivity contribution < 1.29 is 19.0 Å². The molecule has 0 radical (unpaired) electrons. The van der Waals surface area contributed by atoms with E-state index >= 15 is 0 Å². The lowest BCUT2D eigenvalue weighted by Gasteiger charge is -2.37. The summed E-state index contributed by atoms with van der Waals surface area (Å²) in [5.41, 5.74) is 0.856. The van der Waals surface area contributed by atoms with E-state index in [2.05, 4.69) is 6.92 Å². The van der Waals surface area contributed by atoms with Crippen LogP contribution in [0.5, 0.6) is 17.2 Å². The fourth-order valence-corrected chi connectivity index (χ4v) is 3.62. The summed E-state index contributed by atoms with van der Waals surface area (Å²) < 4.78 is 17.3. The highest BCUT2D eigenvalue weighted by Crippen LogP contribution is 2.39. The van der Waals surface area contributed by atoms with Gasteiger partial charge in [-0.05, 0) is 69.0 Å². The molecule has 0 saturated heterocycles. The Kier molecular flexibility index (Phi) is 4.68. The third-order valence-corrected chi connectivity index (χ3v) is 5.39. The van der Waals surface area contributed by atoms with Crippen LogP contribution in [0.1, 0.15) is 26.7 Å². The van der Waals surface area contributed by atoms with Crippen LogP contribution in [-0.4, -0.2) is 31.3 Å². The molecule has 1 fully saturated rings. The van der Waals surface area contributed by atoms with Crippen molar-refractivity contribution in [2.45, 2.75) is 44.9 Å². The lowest BCUT2D eigenvalue weighted by molar-refractivity contribution is -0.131. The Balaban J connectivity index is 1.64. The Morgan fingerprint density at radius 2 is 1.70 bits per heavy atom. The lowest BCUT2D eigenvalue weighted by atomic mass is 10.1. The summed E-state index contributed by atoms with van der Waals surface area (Å²) in [6, 6.07) is 15.2. The second-order valence-corrected chi connectivity index (χ2v) is 7.29. The third-order valence-electron chi connectivity index (χ3n) is 5.39. The molecule has 5 nitrogen and oxygen atoms in total. The van der Waals surface area contributed by atoms with Gasteiger partial charge in [0.25, 0.3) is 5.91 Å². The highest BCUT2D eigenvalue weighted by Gasteiger charge is 2.42. The van der Waals surface area contributed by atoms with Crippen LogP contribution in [0.4, 0.5) is 5.69 Å². The average Bonchev–Trinajstić information content (AvgIpc) is 3.53. The molecule has 1 amide bonds. The minimum atomic E-state index is -0.678. The second kappa shape index (κ2) is 7.14. The van der Waals surface area contributed by atoms with Crippen LogP contribution >= 0.6 is 0 Å². The largest absolute Gasteiger partial charge is 0.497 e. The standard InChI is InChI=1S/C22H25NO4/c1-14(16-8-9-16)23(17-10-12-18(25-3)13-11-17)22(24)21-15(2)26-19-6-4-5-7-20(19)27-21/h4-7,10-16,21H,8-9H2,1-3H3. The van der Waals surface area contributed by atoms with E-state index in [0.29, 0.717) is 17.4 Å². The number of hydrogen-bond acceptors (Lipinski definition) is 4. The van der Waals surface area contributed by atoms with Gasteiger partial charge in [0.05, 0.1) is 7.11 Å². The lowest BCUT2D eigenvalue weighted by Crippen LogP contribution is -2.53. The van der Waals surface area contributed by atoms with Gasteiger partial charge < -0.3 is 19.1 Å². The molecule has 4 rings (SSSR count). The van der Waals surface area contributed by atoms with Crippen LogP contribution in [0.2, 0.25) is 0 Å². The minimum absolute atomic E-state index is 0.0680. The maximum Gasteiger partial charge on any atom is 0.272 e. The smallest absolute Gasteiger partial charge is 0.272 e. The molecule has 1 saturated carbocycles. The third kappa shape index (κ3) is 3.46. The number of ether oxygens (including phenoxy) is 3. The molecule has 5 heteroatoms. The summed E-state index contributed by atoms with van der Waals surface area (Å²) >= 11 is 0. The number of carbonyl (C=O) groups excluding carboxylic acids is 1. The van der Waals surface area contributed by atoms with Gasteiger partial charge in [-0.1, -0.05) is 12.1 Å². The Hall–Kier alpha value is -2.69. The molecule has 0 aromatic heterocycles. The molecular weight excluding hydrogens is 342 g/mol. The van der Waals surface area contributed by atoms with E-state index < -0.39 is 6.10 Å². The van der Waals surface area contributed by atoms with Gasteiger partial charge in [0.2, 0.25) is 6.10 Å². The van der Waals surface area contributed by atoms with Gasteiger partial charge in [-0.3, -0.25) is 4.79 Å². The van der Waals surface area contributed by atoms with Gasteiger partial charge >= 0.3 is 0 Å². The fourth-order valence-electron chi connectivity index (χ4n) is 3.62. The molecule has 2 aliphatic rings. The topological polar surface area (TPSA) is 48.0 Å². The van der Waals surface area contributed by atoms with E-state index in [1.807, 2.05) is 60.4 Å². The Bertz CT molecular complexity index is 815.